The lowest BCUT2D eigenvalue weighted by Crippen LogP contribution is -2.32. The molecule has 1 aromatic carbocycles. The second-order valence-corrected chi connectivity index (χ2v) is 7.13. The number of aromatic amines is 1. The van der Waals surface area contributed by atoms with Gasteiger partial charge in [-0.25, -0.2) is 0 Å². The van der Waals surface area contributed by atoms with Crippen molar-refractivity contribution in [1.82, 2.24) is 15.5 Å². The first-order valence-corrected chi connectivity index (χ1v) is 8.97. The van der Waals surface area contributed by atoms with Gasteiger partial charge < -0.3 is 5.32 Å². The molecule has 0 saturated heterocycles. The van der Waals surface area contributed by atoms with E-state index in [0.717, 1.165) is 10.9 Å². The van der Waals surface area contributed by atoms with Crippen molar-refractivity contribution in [3.8, 4) is 0 Å². The van der Waals surface area contributed by atoms with Crippen LogP contribution in [-0.4, -0.2) is 16.1 Å². The van der Waals surface area contributed by atoms with Crippen LogP contribution in [0.4, 0.5) is 0 Å². The first kappa shape index (κ1) is 14.5. The molecule has 4 nitrogen and oxygen atoms in total. The first-order valence-electron chi connectivity index (χ1n) is 8.09. The van der Waals surface area contributed by atoms with Gasteiger partial charge in [-0.15, -0.1) is 11.3 Å². The number of nitrogens with one attached hydrogen (secondary N) is 2. The first-order chi connectivity index (χ1) is 11.3. The molecular weight excluding hydrogens is 306 g/mol. The topological polar surface area (TPSA) is 57.8 Å². The second kappa shape index (κ2) is 6.16. The molecule has 2 heterocycles. The number of hydrogen-bond acceptors (Lipinski definition) is 3. The zero-order valence-electron chi connectivity index (χ0n) is 12.8. The van der Waals surface area contributed by atoms with Gasteiger partial charge in [0, 0.05) is 10.3 Å². The SMILES string of the molecule is O=C(NC(c1cccs1)C1CCCC1)c1cccc2cn[nH]c12. The van der Waals surface area contributed by atoms with Gasteiger partial charge in [-0.05, 0) is 36.3 Å². The highest BCUT2D eigenvalue weighted by atomic mass is 32.1. The number of aromatic nitrogens is 2. The molecule has 1 atom stereocenters. The van der Waals surface area contributed by atoms with Crippen LogP contribution in [0.25, 0.3) is 10.9 Å². The summed E-state index contributed by atoms with van der Waals surface area (Å²) in [5.74, 6) is 0.517. The molecule has 1 saturated carbocycles. The van der Waals surface area contributed by atoms with Gasteiger partial charge in [-0.3, -0.25) is 9.89 Å². The summed E-state index contributed by atoms with van der Waals surface area (Å²) in [6.07, 6.45) is 6.66. The summed E-state index contributed by atoms with van der Waals surface area (Å²) >= 11 is 1.73. The normalized spacial score (nSPS) is 16.7. The van der Waals surface area contributed by atoms with Crippen LogP contribution in [0.15, 0.2) is 41.9 Å². The molecule has 1 aliphatic carbocycles. The van der Waals surface area contributed by atoms with E-state index in [9.17, 15) is 4.79 Å². The lowest BCUT2D eigenvalue weighted by Gasteiger charge is -2.24. The van der Waals surface area contributed by atoms with Crippen molar-refractivity contribution in [2.75, 3.05) is 0 Å². The van der Waals surface area contributed by atoms with E-state index in [1.807, 2.05) is 18.2 Å². The number of carbonyl (C=O) groups is 1. The monoisotopic (exact) mass is 325 g/mol. The van der Waals surface area contributed by atoms with Gasteiger partial charge in [0.15, 0.2) is 0 Å². The van der Waals surface area contributed by atoms with Crippen LogP contribution in [0.2, 0.25) is 0 Å². The van der Waals surface area contributed by atoms with E-state index in [1.165, 1.54) is 30.6 Å². The fraction of sp³-hybridized carbons (Fsp3) is 0.333. The zero-order chi connectivity index (χ0) is 15.6. The number of thiophene rings is 1. The smallest absolute Gasteiger partial charge is 0.253 e. The summed E-state index contributed by atoms with van der Waals surface area (Å²) in [6, 6.07) is 10.0. The van der Waals surface area contributed by atoms with Gasteiger partial charge in [-0.2, -0.15) is 5.10 Å². The van der Waals surface area contributed by atoms with E-state index >= 15 is 0 Å². The van der Waals surface area contributed by atoms with Crippen molar-refractivity contribution in [2.45, 2.75) is 31.7 Å². The van der Waals surface area contributed by atoms with Crippen LogP contribution in [-0.2, 0) is 0 Å². The number of hydrogen-bond donors (Lipinski definition) is 2. The zero-order valence-corrected chi connectivity index (χ0v) is 13.6. The Morgan fingerprint density at radius 3 is 2.91 bits per heavy atom. The number of nitrogens with zero attached hydrogens (tertiary/aromatic N) is 1. The minimum Gasteiger partial charge on any atom is -0.344 e. The van der Waals surface area contributed by atoms with E-state index in [1.54, 1.807) is 17.5 Å². The van der Waals surface area contributed by atoms with Crippen molar-refractivity contribution < 1.29 is 4.79 Å². The third kappa shape index (κ3) is 2.77. The van der Waals surface area contributed by atoms with Gasteiger partial charge in [0.05, 0.1) is 23.3 Å². The van der Waals surface area contributed by atoms with E-state index in [2.05, 4.69) is 33.0 Å². The number of H-pyrrole nitrogens is 1. The van der Waals surface area contributed by atoms with E-state index in [0.29, 0.717) is 11.5 Å². The molecule has 1 unspecified atom stereocenters. The van der Waals surface area contributed by atoms with Crippen LogP contribution in [0.1, 0.15) is 47.0 Å². The maximum atomic E-state index is 12.9. The minimum atomic E-state index is -0.0230. The molecule has 0 aliphatic heterocycles. The Balaban J connectivity index is 1.63. The number of para-hydroxylation sites is 1. The highest BCUT2D eigenvalue weighted by Crippen LogP contribution is 2.37. The largest absolute Gasteiger partial charge is 0.344 e. The summed E-state index contributed by atoms with van der Waals surface area (Å²) in [4.78, 5) is 14.1. The molecule has 1 fully saturated rings. The fourth-order valence-corrected chi connectivity index (χ4v) is 4.43. The van der Waals surface area contributed by atoms with Crippen LogP contribution >= 0.6 is 11.3 Å². The Labute approximate surface area is 138 Å². The molecule has 2 N–H and O–H groups in total. The highest BCUT2D eigenvalue weighted by Gasteiger charge is 2.29. The molecule has 1 amide bonds. The molecule has 4 rings (SSSR count). The van der Waals surface area contributed by atoms with E-state index in [-0.39, 0.29) is 11.9 Å². The molecule has 3 aromatic rings. The lowest BCUT2D eigenvalue weighted by molar-refractivity contribution is 0.0924. The molecule has 118 valence electrons. The molecule has 0 bridgehead atoms. The molecule has 0 spiro atoms. The van der Waals surface area contributed by atoms with Crippen molar-refractivity contribution >= 4 is 28.1 Å². The minimum absolute atomic E-state index is 0.0230. The summed E-state index contributed by atoms with van der Waals surface area (Å²) in [7, 11) is 0. The number of fused-ring (bicyclic) bond motifs is 1. The quantitative estimate of drug-likeness (QED) is 0.752. The van der Waals surface area contributed by atoms with Crippen LogP contribution in [0.3, 0.4) is 0 Å². The summed E-state index contributed by atoms with van der Waals surface area (Å²) < 4.78 is 0. The number of amides is 1. The fourth-order valence-electron chi connectivity index (χ4n) is 3.56. The van der Waals surface area contributed by atoms with Crippen LogP contribution in [0.5, 0.6) is 0 Å². The molecule has 5 heteroatoms. The molecule has 23 heavy (non-hydrogen) atoms. The van der Waals surface area contributed by atoms with Gasteiger partial charge in [-0.1, -0.05) is 31.0 Å². The Morgan fingerprint density at radius 2 is 2.13 bits per heavy atom. The highest BCUT2D eigenvalue weighted by molar-refractivity contribution is 7.10. The molecule has 1 aliphatic rings. The molecule has 2 aromatic heterocycles. The second-order valence-electron chi connectivity index (χ2n) is 6.15. The van der Waals surface area contributed by atoms with Crippen molar-refractivity contribution in [3.05, 3.63) is 52.3 Å². The standard InChI is InChI=1S/C18H19N3OS/c22-18(14-8-3-7-13-11-19-21-16(13)14)20-17(12-5-1-2-6-12)15-9-4-10-23-15/h3-4,7-12,17H,1-2,5-6H2,(H,19,21)(H,20,22). The average molecular weight is 325 g/mol. The average Bonchev–Trinajstić information content (AvgIpc) is 3.34. The maximum Gasteiger partial charge on any atom is 0.253 e. The van der Waals surface area contributed by atoms with Gasteiger partial charge in [0.2, 0.25) is 0 Å². The van der Waals surface area contributed by atoms with Crippen molar-refractivity contribution in [3.63, 3.8) is 0 Å². The number of carbonyl (C=O) groups excluding carboxylic acids is 1. The molecule has 0 radical (unpaired) electrons. The summed E-state index contributed by atoms with van der Waals surface area (Å²) in [5, 5.41) is 13.3. The maximum absolute atomic E-state index is 12.9. The van der Waals surface area contributed by atoms with Crippen LogP contribution < -0.4 is 5.32 Å². The predicted molar refractivity (Wildman–Crippen MR) is 92.6 cm³/mol. The van der Waals surface area contributed by atoms with Gasteiger partial charge in [0.1, 0.15) is 0 Å². The Morgan fingerprint density at radius 1 is 1.26 bits per heavy atom. The van der Waals surface area contributed by atoms with Crippen molar-refractivity contribution in [1.29, 1.82) is 0 Å². The summed E-state index contributed by atoms with van der Waals surface area (Å²) in [5.41, 5.74) is 1.47. The Bertz CT molecular complexity index is 803. The third-order valence-electron chi connectivity index (χ3n) is 4.73. The third-order valence-corrected chi connectivity index (χ3v) is 5.68. The number of rotatable bonds is 4. The van der Waals surface area contributed by atoms with Gasteiger partial charge >= 0.3 is 0 Å². The van der Waals surface area contributed by atoms with Crippen molar-refractivity contribution in [2.24, 2.45) is 5.92 Å². The van der Waals surface area contributed by atoms with E-state index < -0.39 is 0 Å². The number of benzene rings is 1. The Hall–Kier alpha value is -2.14. The summed E-state index contributed by atoms with van der Waals surface area (Å²) in [6.45, 7) is 0. The van der Waals surface area contributed by atoms with Gasteiger partial charge in [0.25, 0.3) is 5.91 Å². The predicted octanol–water partition coefficient (Wildman–Crippen LogP) is 4.29. The van der Waals surface area contributed by atoms with E-state index in [4.69, 9.17) is 0 Å². The van der Waals surface area contributed by atoms with Crippen LogP contribution in [0, 0.1) is 5.92 Å². The Kier molecular flexibility index (Phi) is 3.87. The molecular formula is C18H19N3OS. The lowest BCUT2D eigenvalue weighted by atomic mass is 9.96.